The molecule has 27 heavy (non-hydrogen) atoms. The Morgan fingerprint density at radius 2 is 2.04 bits per heavy atom. The predicted molar refractivity (Wildman–Crippen MR) is 113 cm³/mol. The van der Waals surface area contributed by atoms with Gasteiger partial charge in [-0.2, -0.15) is 0 Å². The molecule has 0 saturated heterocycles. The molecule has 2 heteroatoms. The zero-order valence-electron chi connectivity index (χ0n) is 16.5. The molecule has 0 spiro atoms. The van der Waals surface area contributed by atoms with Crippen LogP contribution in [-0.4, -0.2) is 0 Å². The monoisotopic (exact) mass is 363 g/mol. The third-order valence-electron chi connectivity index (χ3n) is 5.42. The Bertz CT molecular complexity index is 793. The molecule has 142 valence electrons. The van der Waals surface area contributed by atoms with Crippen LogP contribution < -0.4 is 5.32 Å². The van der Waals surface area contributed by atoms with Crippen LogP contribution in [0.2, 0.25) is 0 Å². The molecule has 1 atom stereocenters. The molecule has 0 heterocycles. The molecule has 0 aromatic heterocycles. The Morgan fingerprint density at radius 1 is 1.30 bits per heavy atom. The second kappa shape index (κ2) is 8.56. The second-order valence-corrected chi connectivity index (χ2v) is 8.20. The normalized spacial score (nSPS) is 19.6. The van der Waals surface area contributed by atoms with E-state index >= 15 is 0 Å². The van der Waals surface area contributed by atoms with Gasteiger partial charge < -0.3 is 5.32 Å². The van der Waals surface area contributed by atoms with Gasteiger partial charge in [-0.1, -0.05) is 68.8 Å². The lowest BCUT2D eigenvalue weighted by Gasteiger charge is -2.33. The Hall–Kier alpha value is -2.35. The van der Waals surface area contributed by atoms with Crippen LogP contribution in [-0.2, 0) is 6.42 Å². The lowest BCUT2D eigenvalue weighted by Crippen LogP contribution is -2.30. The van der Waals surface area contributed by atoms with E-state index in [0.717, 1.165) is 42.1 Å². The summed E-state index contributed by atoms with van der Waals surface area (Å²) in [6, 6.07) is 10.6. The highest BCUT2D eigenvalue weighted by Crippen LogP contribution is 2.44. The van der Waals surface area contributed by atoms with Crippen molar-refractivity contribution in [3.8, 4) is 0 Å². The Labute approximate surface area is 163 Å². The van der Waals surface area contributed by atoms with Gasteiger partial charge in [0.05, 0.1) is 0 Å². The fourth-order valence-electron chi connectivity index (χ4n) is 3.76. The van der Waals surface area contributed by atoms with Crippen molar-refractivity contribution in [2.45, 2.75) is 46.0 Å². The summed E-state index contributed by atoms with van der Waals surface area (Å²) in [5.41, 5.74) is 4.36. The van der Waals surface area contributed by atoms with Gasteiger partial charge in [0.2, 0.25) is 0 Å². The van der Waals surface area contributed by atoms with Crippen molar-refractivity contribution in [3.63, 3.8) is 0 Å². The summed E-state index contributed by atoms with van der Waals surface area (Å²) in [5, 5.41) is 3.52. The Kier molecular flexibility index (Phi) is 6.15. The van der Waals surface area contributed by atoms with E-state index in [4.69, 9.17) is 0 Å². The molecule has 3 rings (SSSR count). The molecule has 1 fully saturated rings. The van der Waals surface area contributed by atoms with Gasteiger partial charge in [0.25, 0.3) is 0 Å². The van der Waals surface area contributed by atoms with Crippen LogP contribution in [0.4, 0.5) is 4.39 Å². The van der Waals surface area contributed by atoms with Gasteiger partial charge in [-0.05, 0) is 61.5 Å². The van der Waals surface area contributed by atoms with E-state index in [0.29, 0.717) is 0 Å². The summed E-state index contributed by atoms with van der Waals surface area (Å²) >= 11 is 0. The lowest BCUT2D eigenvalue weighted by atomic mass is 9.76. The molecule has 2 aliphatic carbocycles. The molecule has 0 bridgehead atoms. The van der Waals surface area contributed by atoms with Crippen LogP contribution >= 0.6 is 0 Å². The number of halogens is 1. The van der Waals surface area contributed by atoms with Gasteiger partial charge in [0.15, 0.2) is 0 Å². The number of hydrogen-bond acceptors (Lipinski definition) is 1. The van der Waals surface area contributed by atoms with E-state index in [1.165, 1.54) is 24.5 Å². The van der Waals surface area contributed by atoms with Crippen molar-refractivity contribution in [3.05, 3.63) is 95.6 Å². The Morgan fingerprint density at radius 3 is 2.74 bits per heavy atom. The van der Waals surface area contributed by atoms with Gasteiger partial charge >= 0.3 is 0 Å². The predicted octanol–water partition coefficient (Wildman–Crippen LogP) is 6.78. The standard InChI is InChI=1S/C25H30FN/c1-19(15-23-11-7-8-12-24(26)16-23)27-20(2)25(3,18-22-13-14-22)17-21-9-5-4-6-10-21/h4-10,12,15-16,22,27H,2,11,13-14,17-18H2,1,3H3/b19-15+. The topological polar surface area (TPSA) is 12.0 Å². The van der Waals surface area contributed by atoms with Gasteiger partial charge in [0, 0.05) is 16.8 Å². The minimum Gasteiger partial charge on any atom is -0.363 e. The number of allylic oxidation sites excluding steroid dienone is 9. The number of rotatable bonds is 8. The first-order valence-corrected chi connectivity index (χ1v) is 9.86. The first kappa shape index (κ1) is 19.4. The SMILES string of the molecule is C=C(N/C(C)=C/C1=CC(F)=CC=CC1)C(C)(Cc1ccccc1)CC1CC1. The van der Waals surface area contributed by atoms with E-state index in [9.17, 15) is 4.39 Å². The molecular formula is C25H30FN. The molecule has 2 aliphatic rings. The summed E-state index contributed by atoms with van der Waals surface area (Å²) in [5.74, 6) is 0.611. The summed E-state index contributed by atoms with van der Waals surface area (Å²) in [7, 11) is 0. The maximum absolute atomic E-state index is 13.7. The average Bonchev–Trinajstić information content (AvgIpc) is 3.44. The summed E-state index contributed by atoms with van der Waals surface area (Å²) in [6.45, 7) is 8.75. The molecular weight excluding hydrogens is 333 g/mol. The molecule has 1 N–H and O–H groups in total. The van der Waals surface area contributed by atoms with E-state index in [2.05, 4.69) is 49.2 Å². The summed E-state index contributed by atoms with van der Waals surface area (Å²) in [4.78, 5) is 0. The van der Waals surface area contributed by atoms with Crippen molar-refractivity contribution < 1.29 is 4.39 Å². The molecule has 1 unspecified atom stereocenters. The highest BCUT2D eigenvalue weighted by Gasteiger charge is 2.35. The van der Waals surface area contributed by atoms with Crippen LogP contribution in [0.3, 0.4) is 0 Å². The summed E-state index contributed by atoms with van der Waals surface area (Å²) in [6.07, 6.45) is 14.4. The van der Waals surface area contributed by atoms with E-state index in [1.54, 1.807) is 12.2 Å². The molecule has 0 amide bonds. The van der Waals surface area contributed by atoms with Crippen LogP contribution in [0.1, 0.15) is 45.1 Å². The third-order valence-corrected chi connectivity index (χ3v) is 5.42. The van der Waals surface area contributed by atoms with Gasteiger partial charge in [0.1, 0.15) is 5.83 Å². The maximum Gasteiger partial charge on any atom is 0.123 e. The largest absolute Gasteiger partial charge is 0.363 e. The van der Waals surface area contributed by atoms with Crippen molar-refractivity contribution in [2.24, 2.45) is 11.3 Å². The molecule has 1 aromatic carbocycles. The van der Waals surface area contributed by atoms with Crippen molar-refractivity contribution in [1.29, 1.82) is 0 Å². The highest BCUT2D eigenvalue weighted by atomic mass is 19.1. The first-order chi connectivity index (χ1) is 12.9. The van der Waals surface area contributed by atoms with Crippen LogP contribution in [0.25, 0.3) is 0 Å². The molecule has 1 aromatic rings. The number of nitrogens with one attached hydrogen (secondary N) is 1. The van der Waals surface area contributed by atoms with Crippen molar-refractivity contribution >= 4 is 0 Å². The van der Waals surface area contributed by atoms with E-state index in [-0.39, 0.29) is 11.2 Å². The maximum atomic E-state index is 13.7. The smallest absolute Gasteiger partial charge is 0.123 e. The minimum atomic E-state index is -0.204. The molecule has 1 saturated carbocycles. The molecule has 0 radical (unpaired) electrons. The van der Waals surface area contributed by atoms with Crippen LogP contribution in [0.5, 0.6) is 0 Å². The van der Waals surface area contributed by atoms with Gasteiger partial charge in [-0.25, -0.2) is 4.39 Å². The third kappa shape index (κ3) is 5.82. The van der Waals surface area contributed by atoms with Crippen LogP contribution in [0.15, 0.2) is 90.1 Å². The van der Waals surface area contributed by atoms with Gasteiger partial charge in [-0.15, -0.1) is 0 Å². The van der Waals surface area contributed by atoms with Crippen molar-refractivity contribution in [1.82, 2.24) is 5.32 Å². The number of hydrogen-bond donors (Lipinski definition) is 1. The van der Waals surface area contributed by atoms with E-state index < -0.39 is 0 Å². The summed E-state index contributed by atoms with van der Waals surface area (Å²) < 4.78 is 13.7. The average molecular weight is 364 g/mol. The zero-order valence-corrected chi connectivity index (χ0v) is 16.5. The number of benzene rings is 1. The molecule has 0 aliphatic heterocycles. The van der Waals surface area contributed by atoms with Crippen molar-refractivity contribution in [2.75, 3.05) is 0 Å². The Balaban J connectivity index is 1.72. The highest BCUT2D eigenvalue weighted by molar-refractivity contribution is 5.35. The van der Waals surface area contributed by atoms with Crippen LogP contribution in [0, 0.1) is 11.3 Å². The minimum absolute atomic E-state index is 0.000506. The first-order valence-electron chi connectivity index (χ1n) is 9.86. The zero-order chi connectivity index (χ0) is 19.3. The van der Waals surface area contributed by atoms with E-state index in [1.807, 2.05) is 19.1 Å². The lowest BCUT2D eigenvalue weighted by molar-refractivity contribution is 0.326. The fraction of sp³-hybridized carbons (Fsp3) is 0.360. The quantitative estimate of drug-likeness (QED) is 0.536. The second-order valence-electron chi connectivity index (χ2n) is 8.20. The molecule has 1 nitrogen and oxygen atoms in total. The van der Waals surface area contributed by atoms with Gasteiger partial charge in [-0.3, -0.25) is 0 Å². The fourth-order valence-corrected chi connectivity index (χ4v) is 3.76.